The molecule has 0 saturated carbocycles. The smallest absolute Gasteiger partial charge is 0.229 e. The zero-order valence-corrected chi connectivity index (χ0v) is 11.6. The predicted octanol–water partition coefficient (Wildman–Crippen LogP) is 1.70. The van der Waals surface area contributed by atoms with Crippen LogP contribution >= 0.6 is 0 Å². The standard InChI is InChI=1S/C16H19NO3/c1-12-10-13(4-2-3-8-18)5-6-15(12)17-16(19)14-7-9-20-11-14/h5-6,10,14,18H,3,7-9,11H2,1H3,(H,17,19). The fourth-order valence-electron chi connectivity index (χ4n) is 2.08. The summed E-state index contributed by atoms with van der Waals surface area (Å²) in [6.07, 6.45) is 1.26. The highest BCUT2D eigenvalue weighted by Gasteiger charge is 2.23. The highest BCUT2D eigenvalue weighted by molar-refractivity contribution is 5.93. The first kappa shape index (κ1) is 14.6. The Labute approximate surface area is 119 Å². The van der Waals surface area contributed by atoms with Gasteiger partial charge in [-0.05, 0) is 37.1 Å². The maximum absolute atomic E-state index is 12.0. The molecule has 2 rings (SSSR count). The van der Waals surface area contributed by atoms with E-state index in [9.17, 15) is 4.79 Å². The molecular formula is C16H19NO3. The Morgan fingerprint density at radius 3 is 3.05 bits per heavy atom. The molecule has 1 aromatic rings. The molecule has 1 heterocycles. The Kier molecular flexibility index (Phi) is 5.16. The number of hydrogen-bond acceptors (Lipinski definition) is 3. The first-order valence-electron chi connectivity index (χ1n) is 6.79. The van der Waals surface area contributed by atoms with Gasteiger partial charge in [-0.25, -0.2) is 0 Å². The molecule has 0 aromatic heterocycles. The highest BCUT2D eigenvalue weighted by Crippen LogP contribution is 2.19. The number of carbonyl (C=O) groups excluding carboxylic acids is 1. The van der Waals surface area contributed by atoms with E-state index in [0.717, 1.165) is 23.2 Å². The van der Waals surface area contributed by atoms with Crippen LogP contribution in [0.1, 0.15) is 24.0 Å². The van der Waals surface area contributed by atoms with Gasteiger partial charge in [-0.3, -0.25) is 4.79 Å². The third-order valence-electron chi connectivity index (χ3n) is 3.25. The molecule has 1 amide bonds. The van der Waals surface area contributed by atoms with E-state index in [1.165, 1.54) is 0 Å². The number of hydrogen-bond donors (Lipinski definition) is 2. The summed E-state index contributed by atoms with van der Waals surface area (Å²) >= 11 is 0. The number of ether oxygens (including phenoxy) is 1. The van der Waals surface area contributed by atoms with Crippen molar-refractivity contribution in [3.8, 4) is 11.8 Å². The molecule has 1 unspecified atom stereocenters. The summed E-state index contributed by atoms with van der Waals surface area (Å²) in [5.74, 6) is 5.83. The van der Waals surface area contributed by atoms with Crippen molar-refractivity contribution in [2.75, 3.05) is 25.1 Å². The predicted molar refractivity (Wildman–Crippen MR) is 77.3 cm³/mol. The van der Waals surface area contributed by atoms with Crippen LogP contribution in [0.3, 0.4) is 0 Å². The Bertz CT molecular complexity index is 536. The van der Waals surface area contributed by atoms with Gasteiger partial charge >= 0.3 is 0 Å². The van der Waals surface area contributed by atoms with Crippen LogP contribution in [0.15, 0.2) is 18.2 Å². The second-order valence-corrected chi connectivity index (χ2v) is 4.85. The topological polar surface area (TPSA) is 58.6 Å². The minimum atomic E-state index is -0.0431. The molecule has 1 aromatic carbocycles. The van der Waals surface area contributed by atoms with Crippen LogP contribution < -0.4 is 5.32 Å². The molecule has 0 spiro atoms. The Morgan fingerprint density at radius 2 is 2.40 bits per heavy atom. The lowest BCUT2D eigenvalue weighted by atomic mass is 10.1. The third-order valence-corrected chi connectivity index (χ3v) is 3.25. The minimum Gasteiger partial charge on any atom is -0.395 e. The van der Waals surface area contributed by atoms with E-state index in [1.54, 1.807) is 0 Å². The summed E-state index contributed by atoms with van der Waals surface area (Å²) in [6.45, 7) is 3.19. The lowest BCUT2D eigenvalue weighted by molar-refractivity contribution is -0.119. The molecule has 1 aliphatic heterocycles. The normalized spacial score (nSPS) is 17.4. The van der Waals surface area contributed by atoms with E-state index >= 15 is 0 Å². The second kappa shape index (κ2) is 7.09. The number of aliphatic hydroxyl groups excluding tert-OH is 1. The number of aliphatic hydroxyl groups is 1. The van der Waals surface area contributed by atoms with Crippen molar-refractivity contribution >= 4 is 11.6 Å². The van der Waals surface area contributed by atoms with Crippen molar-refractivity contribution in [1.82, 2.24) is 0 Å². The number of rotatable bonds is 3. The average Bonchev–Trinajstić information content (AvgIpc) is 2.96. The molecular weight excluding hydrogens is 254 g/mol. The van der Waals surface area contributed by atoms with E-state index in [1.807, 2.05) is 25.1 Å². The van der Waals surface area contributed by atoms with Crippen LogP contribution in [0.2, 0.25) is 0 Å². The van der Waals surface area contributed by atoms with Crippen LogP contribution in [0.25, 0.3) is 0 Å². The molecule has 1 saturated heterocycles. The molecule has 20 heavy (non-hydrogen) atoms. The summed E-state index contributed by atoms with van der Waals surface area (Å²) < 4.78 is 5.22. The molecule has 0 radical (unpaired) electrons. The number of benzene rings is 1. The molecule has 4 nitrogen and oxygen atoms in total. The zero-order chi connectivity index (χ0) is 14.4. The van der Waals surface area contributed by atoms with Gasteiger partial charge in [0.25, 0.3) is 0 Å². The van der Waals surface area contributed by atoms with Crippen LogP contribution in [0.4, 0.5) is 5.69 Å². The zero-order valence-electron chi connectivity index (χ0n) is 11.6. The lowest BCUT2D eigenvalue weighted by Crippen LogP contribution is -2.23. The molecule has 2 N–H and O–H groups in total. The number of carbonyl (C=O) groups is 1. The Hall–Kier alpha value is -1.83. The van der Waals surface area contributed by atoms with Gasteiger partial charge in [-0.1, -0.05) is 11.8 Å². The minimum absolute atomic E-state index is 0.0183. The van der Waals surface area contributed by atoms with Crippen LogP contribution in [-0.4, -0.2) is 30.8 Å². The van der Waals surface area contributed by atoms with E-state index in [2.05, 4.69) is 17.2 Å². The van der Waals surface area contributed by atoms with Crippen molar-refractivity contribution in [3.05, 3.63) is 29.3 Å². The van der Waals surface area contributed by atoms with Crippen molar-refractivity contribution in [2.24, 2.45) is 5.92 Å². The van der Waals surface area contributed by atoms with Gasteiger partial charge in [0.15, 0.2) is 0 Å². The molecule has 0 bridgehead atoms. The highest BCUT2D eigenvalue weighted by atomic mass is 16.5. The number of anilines is 1. The van der Waals surface area contributed by atoms with Gasteiger partial charge in [0.1, 0.15) is 0 Å². The number of nitrogens with one attached hydrogen (secondary N) is 1. The molecule has 1 fully saturated rings. The van der Waals surface area contributed by atoms with Gasteiger partial charge in [-0.15, -0.1) is 0 Å². The maximum atomic E-state index is 12.0. The fraction of sp³-hybridized carbons (Fsp3) is 0.438. The summed E-state index contributed by atoms with van der Waals surface area (Å²) in [5, 5.41) is 11.6. The fourth-order valence-corrected chi connectivity index (χ4v) is 2.08. The van der Waals surface area contributed by atoms with Crippen LogP contribution in [-0.2, 0) is 9.53 Å². The summed E-state index contributed by atoms with van der Waals surface area (Å²) in [4.78, 5) is 12.0. The van der Waals surface area contributed by atoms with Crippen LogP contribution in [0, 0.1) is 24.7 Å². The summed E-state index contributed by atoms with van der Waals surface area (Å²) in [5.41, 5.74) is 2.68. The molecule has 1 aliphatic rings. The van der Waals surface area contributed by atoms with Crippen molar-refractivity contribution in [1.29, 1.82) is 0 Å². The molecule has 1 atom stereocenters. The van der Waals surface area contributed by atoms with E-state index < -0.39 is 0 Å². The van der Waals surface area contributed by atoms with Crippen molar-refractivity contribution < 1.29 is 14.6 Å². The second-order valence-electron chi connectivity index (χ2n) is 4.85. The molecule has 4 heteroatoms. The van der Waals surface area contributed by atoms with E-state index in [4.69, 9.17) is 9.84 Å². The number of amides is 1. The largest absolute Gasteiger partial charge is 0.395 e. The lowest BCUT2D eigenvalue weighted by Gasteiger charge is -2.11. The summed E-state index contributed by atoms with van der Waals surface area (Å²) in [7, 11) is 0. The average molecular weight is 273 g/mol. The monoisotopic (exact) mass is 273 g/mol. The van der Waals surface area contributed by atoms with Gasteiger partial charge in [-0.2, -0.15) is 0 Å². The van der Waals surface area contributed by atoms with Crippen molar-refractivity contribution in [3.63, 3.8) is 0 Å². The van der Waals surface area contributed by atoms with Crippen LogP contribution in [0.5, 0.6) is 0 Å². The van der Waals surface area contributed by atoms with E-state index in [-0.39, 0.29) is 18.4 Å². The van der Waals surface area contributed by atoms with E-state index in [0.29, 0.717) is 19.6 Å². The first-order chi connectivity index (χ1) is 9.70. The molecule has 106 valence electrons. The maximum Gasteiger partial charge on any atom is 0.229 e. The Balaban J connectivity index is 2.02. The quantitative estimate of drug-likeness (QED) is 0.824. The van der Waals surface area contributed by atoms with Gasteiger partial charge in [0, 0.05) is 24.3 Å². The first-order valence-corrected chi connectivity index (χ1v) is 6.79. The van der Waals surface area contributed by atoms with Gasteiger partial charge in [0.05, 0.1) is 19.1 Å². The SMILES string of the molecule is Cc1cc(C#CCCO)ccc1NC(=O)C1CCOC1. The van der Waals surface area contributed by atoms with Gasteiger partial charge < -0.3 is 15.2 Å². The Morgan fingerprint density at radius 1 is 1.55 bits per heavy atom. The third kappa shape index (κ3) is 3.83. The number of aryl methyl sites for hydroxylation is 1. The summed E-state index contributed by atoms with van der Waals surface area (Å²) in [6, 6.07) is 5.68. The van der Waals surface area contributed by atoms with Gasteiger partial charge in [0.2, 0.25) is 5.91 Å². The van der Waals surface area contributed by atoms with Crippen molar-refractivity contribution in [2.45, 2.75) is 19.8 Å². The molecule has 0 aliphatic carbocycles.